The minimum Gasteiger partial charge on any atom is -0.395 e. The number of nitrogens with zero attached hydrogens (tertiary/aromatic N) is 2. The molecular weight excluding hydrogens is 218 g/mol. The van der Waals surface area contributed by atoms with Crippen LogP contribution in [0.2, 0.25) is 0 Å². The molecular formula is C12H25N3O2. The van der Waals surface area contributed by atoms with Crippen LogP contribution in [0.25, 0.3) is 0 Å². The third-order valence-electron chi connectivity index (χ3n) is 3.38. The van der Waals surface area contributed by atoms with Crippen LogP contribution in [0.1, 0.15) is 20.3 Å². The maximum atomic E-state index is 12.2. The Balaban J connectivity index is 2.54. The van der Waals surface area contributed by atoms with Crippen LogP contribution in [-0.4, -0.2) is 66.7 Å². The van der Waals surface area contributed by atoms with Crippen molar-refractivity contribution < 1.29 is 9.90 Å². The first-order valence-corrected chi connectivity index (χ1v) is 6.34. The van der Waals surface area contributed by atoms with Crippen LogP contribution in [0.4, 0.5) is 0 Å². The molecule has 5 nitrogen and oxygen atoms in total. The van der Waals surface area contributed by atoms with E-state index in [-0.39, 0.29) is 12.5 Å². The second kappa shape index (κ2) is 6.33. The minimum absolute atomic E-state index is 0.144. The summed E-state index contributed by atoms with van der Waals surface area (Å²) in [4.78, 5) is 16.4. The average Bonchev–Trinajstić information content (AvgIpc) is 2.54. The van der Waals surface area contributed by atoms with E-state index in [9.17, 15) is 4.79 Å². The van der Waals surface area contributed by atoms with Crippen molar-refractivity contribution in [2.45, 2.75) is 20.3 Å². The smallest absolute Gasteiger partial charge is 0.229 e. The van der Waals surface area contributed by atoms with Crippen molar-refractivity contribution in [1.29, 1.82) is 0 Å². The molecule has 100 valence electrons. The Morgan fingerprint density at radius 2 is 2.00 bits per heavy atom. The lowest BCUT2D eigenvalue weighted by Gasteiger charge is -2.30. The second-order valence-electron chi connectivity index (χ2n) is 5.30. The van der Waals surface area contributed by atoms with Crippen molar-refractivity contribution in [3.05, 3.63) is 0 Å². The molecule has 0 bridgehead atoms. The second-order valence-corrected chi connectivity index (χ2v) is 5.30. The summed E-state index contributed by atoms with van der Waals surface area (Å²) in [6.07, 6.45) is 0.965. The summed E-state index contributed by atoms with van der Waals surface area (Å²) < 4.78 is 0. The fourth-order valence-electron chi connectivity index (χ4n) is 2.05. The molecule has 1 fully saturated rings. The first-order chi connectivity index (χ1) is 8.01. The van der Waals surface area contributed by atoms with Gasteiger partial charge in [-0.15, -0.1) is 0 Å². The number of carbonyl (C=O) groups is 1. The van der Waals surface area contributed by atoms with Crippen molar-refractivity contribution in [3.63, 3.8) is 0 Å². The summed E-state index contributed by atoms with van der Waals surface area (Å²) in [6.45, 7) is 8.37. The highest BCUT2D eigenvalue weighted by Crippen LogP contribution is 2.18. The minimum atomic E-state index is -0.466. The van der Waals surface area contributed by atoms with Crippen LogP contribution in [0.5, 0.6) is 0 Å². The molecule has 0 radical (unpaired) electrons. The van der Waals surface area contributed by atoms with Gasteiger partial charge in [-0.05, 0) is 26.8 Å². The number of carbonyl (C=O) groups excluding carboxylic acids is 1. The number of aliphatic hydroxyl groups excluding tert-OH is 1. The Labute approximate surface area is 104 Å². The van der Waals surface area contributed by atoms with Crippen molar-refractivity contribution >= 4 is 5.91 Å². The Bertz CT molecular complexity index is 256. The fourth-order valence-corrected chi connectivity index (χ4v) is 2.05. The van der Waals surface area contributed by atoms with E-state index in [1.54, 1.807) is 0 Å². The number of hydrogen-bond donors (Lipinski definition) is 2. The van der Waals surface area contributed by atoms with Crippen molar-refractivity contribution in [3.8, 4) is 0 Å². The lowest BCUT2D eigenvalue weighted by Crippen LogP contribution is -2.46. The number of β-amino-alcohol motifs (C(OH)–C–C–N with tert-alkyl or cyclic N) is 1. The molecule has 17 heavy (non-hydrogen) atoms. The normalized spacial score (nSPS) is 19.2. The first kappa shape index (κ1) is 14.4. The third-order valence-corrected chi connectivity index (χ3v) is 3.38. The van der Waals surface area contributed by atoms with Crippen LogP contribution < -0.4 is 5.73 Å². The Kier molecular flexibility index (Phi) is 5.36. The number of rotatable bonds is 4. The van der Waals surface area contributed by atoms with E-state index in [2.05, 4.69) is 4.90 Å². The summed E-state index contributed by atoms with van der Waals surface area (Å²) in [5, 5.41) is 8.91. The zero-order chi connectivity index (χ0) is 12.9. The highest BCUT2D eigenvalue weighted by atomic mass is 16.3. The van der Waals surface area contributed by atoms with E-state index >= 15 is 0 Å². The van der Waals surface area contributed by atoms with Gasteiger partial charge in [0.05, 0.1) is 12.0 Å². The fraction of sp³-hybridized carbons (Fsp3) is 0.917. The molecule has 1 aliphatic rings. The van der Waals surface area contributed by atoms with Gasteiger partial charge in [0.15, 0.2) is 0 Å². The summed E-state index contributed by atoms with van der Waals surface area (Å²) in [7, 11) is 0. The van der Waals surface area contributed by atoms with E-state index in [1.165, 1.54) is 0 Å². The molecule has 0 aliphatic carbocycles. The number of nitrogens with two attached hydrogens (primary N) is 1. The predicted molar refractivity (Wildman–Crippen MR) is 67.6 cm³/mol. The molecule has 0 aromatic heterocycles. The van der Waals surface area contributed by atoms with Gasteiger partial charge in [0.25, 0.3) is 0 Å². The molecule has 1 heterocycles. The molecule has 0 spiro atoms. The largest absolute Gasteiger partial charge is 0.395 e. The van der Waals surface area contributed by atoms with Crippen LogP contribution in [0, 0.1) is 5.41 Å². The molecule has 3 N–H and O–H groups in total. The molecule has 0 unspecified atom stereocenters. The van der Waals surface area contributed by atoms with E-state index in [1.807, 2.05) is 18.7 Å². The van der Waals surface area contributed by atoms with E-state index in [0.717, 1.165) is 32.6 Å². The highest BCUT2D eigenvalue weighted by Gasteiger charge is 2.31. The lowest BCUT2D eigenvalue weighted by atomic mass is 9.92. The van der Waals surface area contributed by atoms with E-state index < -0.39 is 5.41 Å². The first-order valence-electron chi connectivity index (χ1n) is 6.34. The van der Waals surface area contributed by atoms with E-state index in [4.69, 9.17) is 10.8 Å². The van der Waals surface area contributed by atoms with Crippen molar-refractivity contribution in [2.24, 2.45) is 11.1 Å². The molecule has 0 saturated carbocycles. The van der Waals surface area contributed by atoms with Gasteiger partial charge >= 0.3 is 0 Å². The molecule has 1 saturated heterocycles. The molecule has 0 aromatic carbocycles. The van der Waals surface area contributed by atoms with Gasteiger partial charge in [0, 0.05) is 32.7 Å². The zero-order valence-electron chi connectivity index (χ0n) is 11.0. The highest BCUT2D eigenvalue weighted by molar-refractivity contribution is 5.82. The van der Waals surface area contributed by atoms with Gasteiger partial charge < -0.3 is 15.7 Å². The van der Waals surface area contributed by atoms with Crippen LogP contribution in [-0.2, 0) is 4.79 Å². The van der Waals surface area contributed by atoms with Gasteiger partial charge in [-0.25, -0.2) is 0 Å². The van der Waals surface area contributed by atoms with Gasteiger partial charge in [0.1, 0.15) is 0 Å². The molecule has 1 aliphatic heterocycles. The van der Waals surface area contributed by atoms with Crippen LogP contribution >= 0.6 is 0 Å². The summed E-state index contributed by atoms with van der Waals surface area (Å²) in [5.74, 6) is 0.144. The summed E-state index contributed by atoms with van der Waals surface area (Å²) >= 11 is 0. The van der Waals surface area contributed by atoms with Gasteiger partial charge in [-0.1, -0.05) is 0 Å². The zero-order valence-corrected chi connectivity index (χ0v) is 11.0. The monoisotopic (exact) mass is 243 g/mol. The van der Waals surface area contributed by atoms with Gasteiger partial charge in [-0.3, -0.25) is 9.69 Å². The van der Waals surface area contributed by atoms with Crippen LogP contribution in [0.3, 0.4) is 0 Å². The Morgan fingerprint density at radius 1 is 1.29 bits per heavy atom. The van der Waals surface area contributed by atoms with E-state index in [0.29, 0.717) is 13.1 Å². The standard InChI is InChI=1S/C12H25N3O2/c1-12(2,10-13)11(17)15-5-3-4-14(6-7-15)8-9-16/h16H,3-10,13H2,1-2H3. The third kappa shape index (κ3) is 3.94. The maximum absolute atomic E-state index is 12.2. The molecule has 1 amide bonds. The number of amides is 1. The maximum Gasteiger partial charge on any atom is 0.229 e. The topological polar surface area (TPSA) is 69.8 Å². The SMILES string of the molecule is CC(C)(CN)C(=O)N1CCCN(CCO)CC1. The predicted octanol–water partition coefficient (Wildman–Crippen LogP) is -0.502. The molecule has 0 atom stereocenters. The molecule has 5 heteroatoms. The Morgan fingerprint density at radius 3 is 2.59 bits per heavy atom. The summed E-state index contributed by atoms with van der Waals surface area (Å²) in [6, 6.07) is 0. The van der Waals surface area contributed by atoms with Gasteiger partial charge in [-0.2, -0.15) is 0 Å². The average molecular weight is 243 g/mol. The number of aliphatic hydroxyl groups is 1. The van der Waals surface area contributed by atoms with Crippen molar-refractivity contribution in [2.75, 3.05) is 45.9 Å². The quantitative estimate of drug-likeness (QED) is 0.698. The lowest BCUT2D eigenvalue weighted by molar-refractivity contribution is -0.139. The van der Waals surface area contributed by atoms with Gasteiger partial charge in [0.2, 0.25) is 5.91 Å². The Hall–Kier alpha value is -0.650. The van der Waals surface area contributed by atoms with Crippen LogP contribution in [0.15, 0.2) is 0 Å². The van der Waals surface area contributed by atoms with Crippen molar-refractivity contribution in [1.82, 2.24) is 9.80 Å². The molecule has 1 rings (SSSR count). The molecule has 0 aromatic rings. The summed E-state index contributed by atoms with van der Waals surface area (Å²) in [5.41, 5.74) is 5.17. The number of hydrogen-bond acceptors (Lipinski definition) is 4.